The summed E-state index contributed by atoms with van der Waals surface area (Å²) in [5, 5.41) is 2.80. The topological polar surface area (TPSA) is 84.5 Å². The summed E-state index contributed by atoms with van der Waals surface area (Å²) in [6.45, 7) is 5.51. The Morgan fingerprint density at radius 1 is 0.714 bits per heavy atom. The molecule has 0 aliphatic carbocycles. The monoisotopic (exact) mass is 486 g/mol. The highest BCUT2D eigenvalue weighted by Gasteiger charge is 2.20. The lowest BCUT2D eigenvalue weighted by Crippen LogP contribution is -2.17. The Balaban J connectivity index is 1.50. The third kappa shape index (κ3) is 6.07. The largest absolute Gasteiger partial charge is 0.457 e. The van der Waals surface area contributed by atoms with Crippen LogP contribution in [0.4, 0.5) is 11.4 Å². The summed E-state index contributed by atoms with van der Waals surface area (Å²) in [5.74, 6) is 0.937. The van der Waals surface area contributed by atoms with Gasteiger partial charge in [0.25, 0.3) is 15.9 Å². The summed E-state index contributed by atoms with van der Waals surface area (Å²) < 4.78 is 34.6. The van der Waals surface area contributed by atoms with Gasteiger partial charge in [0.2, 0.25) is 0 Å². The van der Waals surface area contributed by atoms with E-state index in [4.69, 9.17) is 4.74 Å². The van der Waals surface area contributed by atoms with Crippen LogP contribution in [0.15, 0.2) is 95.9 Å². The van der Waals surface area contributed by atoms with Crippen molar-refractivity contribution in [1.29, 1.82) is 0 Å². The minimum absolute atomic E-state index is 0.0518. The predicted octanol–water partition coefficient (Wildman–Crippen LogP) is 6.46. The SMILES string of the molecule is Cc1cc(C)cc(NS(=O)(=O)c2cc(C(=O)Nc3ccc(Oc4ccccc4)cc3)ccc2C)c1. The van der Waals surface area contributed by atoms with Gasteiger partial charge in [0.15, 0.2) is 0 Å². The number of ether oxygens (including phenoxy) is 1. The molecule has 0 heterocycles. The van der Waals surface area contributed by atoms with Gasteiger partial charge in [0.1, 0.15) is 11.5 Å². The van der Waals surface area contributed by atoms with Crippen LogP contribution in [0, 0.1) is 20.8 Å². The van der Waals surface area contributed by atoms with Gasteiger partial charge in [-0.1, -0.05) is 30.3 Å². The minimum Gasteiger partial charge on any atom is -0.457 e. The molecule has 2 N–H and O–H groups in total. The van der Waals surface area contributed by atoms with Crippen molar-refractivity contribution in [2.75, 3.05) is 10.0 Å². The van der Waals surface area contributed by atoms with Crippen LogP contribution in [-0.2, 0) is 10.0 Å². The second-order valence-electron chi connectivity index (χ2n) is 8.36. The average molecular weight is 487 g/mol. The molecule has 0 spiro atoms. The zero-order valence-electron chi connectivity index (χ0n) is 19.7. The average Bonchev–Trinajstić information content (AvgIpc) is 2.80. The number of nitrogens with one attached hydrogen (secondary N) is 2. The summed E-state index contributed by atoms with van der Waals surface area (Å²) >= 11 is 0. The zero-order valence-corrected chi connectivity index (χ0v) is 20.5. The molecule has 0 bridgehead atoms. The first-order chi connectivity index (χ1) is 16.7. The van der Waals surface area contributed by atoms with Crippen LogP contribution in [0.5, 0.6) is 11.5 Å². The molecule has 0 saturated heterocycles. The Bertz CT molecular complexity index is 1440. The first-order valence-corrected chi connectivity index (χ1v) is 12.5. The van der Waals surface area contributed by atoms with E-state index in [0.717, 1.165) is 11.1 Å². The molecule has 0 fully saturated rings. The van der Waals surface area contributed by atoms with Crippen molar-refractivity contribution in [2.45, 2.75) is 25.7 Å². The normalized spacial score (nSPS) is 11.1. The molecule has 0 unspecified atom stereocenters. The van der Waals surface area contributed by atoms with E-state index in [1.807, 2.05) is 50.2 Å². The molecule has 0 aromatic heterocycles. The fraction of sp³-hybridized carbons (Fsp3) is 0.107. The predicted molar refractivity (Wildman–Crippen MR) is 139 cm³/mol. The van der Waals surface area contributed by atoms with Crippen LogP contribution in [0.25, 0.3) is 0 Å². The van der Waals surface area contributed by atoms with Crippen molar-refractivity contribution in [1.82, 2.24) is 0 Å². The third-order valence-electron chi connectivity index (χ3n) is 5.30. The zero-order chi connectivity index (χ0) is 25.0. The summed E-state index contributed by atoms with van der Waals surface area (Å²) in [5.41, 5.74) is 3.73. The van der Waals surface area contributed by atoms with Crippen molar-refractivity contribution in [3.8, 4) is 11.5 Å². The van der Waals surface area contributed by atoms with Crippen LogP contribution < -0.4 is 14.8 Å². The van der Waals surface area contributed by atoms with Crippen LogP contribution in [0.1, 0.15) is 27.0 Å². The maximum atomic E-state index is 13.1. The number of anilines is 2. The molecule has 0 aliphatic heterocycles. The minimum atomic E-state index is -3.89. The number of hydrogen-bond acceptors (Lipinski definition) is 4. The highest BCUT2D eigenvalue weighted by Crippen LogP contribution is 2.25. The van der Waals surface area contributed by atoms with Crippen molar-refractivity contribution in [2.24, 2.45) is 0 Å². The van der Waals surface area contributed by atoms with E-state index in [-0.39, 0.29) is 10.5 Å². The molecule has 1 amide bonds. The van der Waals surface area contributed by atoms with Crippen molar-refractivity contribution < 1.29 is 17.9 Å². The van der Waals surface area contributed by atoms with E-state index in [2.05, 4.69) is 10.0 Å². The number of sulfonamides is 1. The molecule has 178 valence electrons. The van der Waals surface area contributed by atoms with Crippen LogP contribution in [0.3, 0.4) is 0 Å². The molecule has 0 aliphatic rings. The first kappa shape index (κ1) is 24.0. The molecule has 35 heavy (non-hydrogen) atoms. The Kier molecular flexibility index (Phi) is 6.89. The number of hydrogen-bond donors (Lipinski definition) is 2. The summed E-state index contributed by atoms with van der Waals surface area (Å²) in [6, 6.07) is 26.5. The second-order valence-corrected chi connectivity index (χ2v) is 10.0. The van der Waals surface area contributed by atoms with E-state index in [0.29, 0.717) is 28.4 Å². The smallest absolute Gasteiger partial charge is 0.262 e. The van der Waals surface area contributed by atoms with Gasteiger partial charge in [-0.3, -0.25) is 9.52 Å². The number of amides is 1. The molecule has 0 saturated carbocycles. The van der Waals surface area contributed by atoms with E-state index in [1.165, 1.54) is 6.07 Å². The molecule has 4 aromatic rings. The lowest BCUT2D eigenvalue weighted by atomic mass is 10.1. The van der Waals surface area contributed by atoms with Crippen LogP contribution >= 0.6 is 0 Å². The molecule has 4 aromatic carbocycles. The molecule has 7 heteroatoms. The van der Waals surface area contributed by atoms with Crippen LogP contribution in [0.2, 0.25) is 0 Å². The summed E-state index contributed by atoms with van der Waals surface area (Å²) in [6.07, 6.45) is 0. The number of para-hydroxylation sites is 1. The summed E-state index contributed by atoms with van der Waals surface area (Å²) in [7, 11) is -3.89. The van der Waals surface area contributed by atoms with E-state index >= 15 is 0 Å². The fourth-order valence-electron chi connectivity index (χ4n) is 3.71. The number of carbonyl (C=O) groups is 1. The number of carbonyl (C=O) groups excluding carboxylic acids is 1. The van der Waals surface area contributed by atoms with Gasteiger partial charge in [0, 0.05) is 16.9 Å². The Morgan fingerprint density at radius 2 is 1.34 bits per heavy atom. The maximum absolute atomic E-state index is 13.1. The molecule has 6 nitrogen and oxygen atoms in total. The highest BCUT2D eigenvalue weighted by atomic mass is 32.2. The number of benzene rings is 4. The van der Waals surface area contributed by atoms with Gasteiger partial charge in [0.05, 0.1) is 4.90 Å². The Labute approximate surface area is 205 Å². The van der Waals surface area contributed by atoms with Gasteiger partial charge < -0.3 is 10.1 Å². The van der Waals surface area contributed by atoms with E-state index in [1.54, 1.807) is 55.5 Å². The number of rotatable bonds is 7. The van der Waals surface area contributed by atoms with Gasteiger partial charge in [-0.2, -0.15) is 0 Å². The molecule has 0 atom stereocenters. The molecule has 0 radical (unpaired) electrons. The summed E-state index contributed by atoms with van der Waals surface area (Å²) in [4.78, 5) is 12.9. The van der Waals surface area contributed by atoms with Gasteiger partial charge in [-0.25, -0.2) is 8.42 Å². The highest BCUT2D eigenvalue weighted by molar-refractivity contribution is 7.92. The molecule has 4 rings (SSSR count). The van der Waals surface area contributed by atoms with Crippen LogP contribution in [-0.4, -0.2) is 14.3 Å². The quantitative estimate of drug-likeness (QED) is 0.314. The van der Waals surface area contributed by atoms with Crippen molar-refractivity contribution >= 4 is 27.3 Å². The van der Waals surface area contributed by atoms with E-state index < -0.39 is 15.9 Å². The molecular weight excluding hydrogens is 460 g/mol. The van der Waals surface area contributed by atoms with Crippen molar-refractivity contribution in [3.05, 3.63) is 113 Å². The standard InChI is InChI=1S/C28H26N2O4S/c1-19-15-20(2)17-24(16-19)30-35(32,33)27-18-22(10-9-21(27)3)28(31)29-23-11-13-26(14-12-23)34-25-7-5-4-6-8-25/h4-18,30H,1-3H3,(H,29,31). The molecular formula is C28H26N2O4S. The fourth-order valence-corrected chi connectivity index (χ4v) is 5.02. The van der Waals surface area contributed by atoms with Gasteiger partial charge >= 0.3 is 0 Å². The first-order valence-electron chi connectivity index (χ1n) is 11.1. The lowest BCUT2D eigenvalue weighted by Gasteiger charge is -2.13. The van der Waals surface area contributed by atoms with Gasteiger partial charge in [-0.05, 0) is 98.1 Å². The third-order valence-corrected chi connectivity index (χ3v) is 6.83. The lowest BCUT2D eigenvalue weighted by molar-refractivity contribution is 0.102. The number of aryl methyl sites for hydroxylation is 3. The van der Waals surface area contributed by atoms with Crippen molar-refractivity contribution in [3.63, 3.8) is 0 Å². The Morgan fingerprint density at radius 3 is 2.00 bits per heavy atom. The maximum Gasteiger partial charge on any atom is 0.262 e. The van der Waals surface area contributed by atoms with Gasteiger partial charge in [-0.15, -0.1) is 0 Å². The Hall–Kier alpha value is -4.10. The van der Waals surface area contributed by atoms with E-state index in [9.17, 15) is 13.2 Å². The second kappa shape index (κ2) is 10.0.